The summed E-state index contributed by atoms with van der Waals surface area (Å²) in [6.07, 6.45) is 5.24. The quantitative estimate of drug-likeness (QED) is 0.0970. The van der Waals surface area contributed by atoms with Gasteiger partial charge in [0.15, 0.2) is 23.3 Å². The van der Waals surface area contributed by atoms with Gasteiger partial charge in [-0.25, -0.2) is 17.6 Å². The standard InChI is InChI=1S/C32H40F4N4O4.2BrH/c1-39(2,15-9-11-37-29(41)21-17-25(33)26(34)18-22(21)30(37)42)13-7-5-6-8-14-40(3,4)16-10-12-38-31(43)23-19-27(35)28(36)20-24(23)32(38)44;;/h17-20H,5-16H2,1-4H3;2*1H/q+2;;/p-2. The van der Waals surface area contributed by atoms with E-state index in [2.05, 4.69) is 28.2 Å². The molecule has 0 spiro atoms. The van der Waals surface area contributed by atoms with Crippen LogP contribution in [0.1, 0.15) is 80.0 Å². The van der Waals surface area contributed by atoms with E-state index in [0.717, 1.165) is 85.9 Å². The van der Waals surface area contributed by atoms with Crippen molar-refractivity contribution in [2.45, 2.75) is 38.5 Å². The zero-order valence-corrected chi connectivity index (χ0v) is 29.7. The number of unbranched alkanes of at least 4 members (excludes halogenated alkanes) is 3. The normalized spacial score (nSPS) is 14.4. The van der Waals surface area contributed by atoms with Gasteiger partial charge in [0.25, 0.3) is 23.6 Å². The van der Waals surface area contributed by atoms with Crippen molar-refractivity contribution in [3.63, 3.8) is 0 Å². The van der Waals surface area contributed by atoms with Gasteiger partial charge in [0.1, 0.15) is 0 Å². The molecule has 8 nitrogen and oxygen atoms in total. The molecular weight excluding hydrogens is 740 g/mol. The van der Waals surface area contributed by atoms with Crippen LogP contribution in [0.15, 0.2) is 24.3 Å². The molecule has 0 saturated carbocycles. The first kappa shape index (κ1) is 39.5. The Labute approximate surface area is 288 Å². The number of benzene rings is 2. The Morgan fingerprint density at radius 3 is 0.957 bits per heavy atom. The Hall–Kier alpha value is -2.68. The van der Waals surface area contributed by atoms with Crippen molar-refractivity contribution in [2.75, 3.05) is 67.5 Å². The lowest BCUT2D eigenvalue weighted by molar-refractivity contribution is -0.891. The van der Waals surface area contributed by atoms with Crippen LogP contribution in [0.5, 0.6) is 0 Å². The number of rotatable bonds is 15. The van der Waals surface area contributed by atoms with Crippen LogP contribution >= 0.6 is 0 Å². The van der Waals surface area contributed by atoms with Crippen molar-refractivity contribution < 1.29 is 79.7 Å². The molecule has 0 bridgehead atoms. The van der Waals surface area contributed by atoms with Crippen molar-refractivity contribution in [3.8, 4) is 0 Å². The van der Waals surface area contributed by atoms with Crippen molar-refractivity contribution in [1.82, 2.24) is 9.80 Å². The highest BCUT2D eigenvalue weighted by Gasteiger charge is 2.38. The number of hydrogen-bond acceptors (Lipinski definition) is 4. The number of nitrogens with zero attached hydrogens (tertiary/aromatic N) is 4. The van der Waals surface area contributed by atoms with Gasteiger partial charge in [-0.15, -0.1) is 0 Å². The second-order valence-corrected chi connectivity index (χ2v) is 13.0. The van der Waals surface area contributed by atoms with E-state index in [4.69, 9.17) is 0 Å². The molecule has 0 atom stereocenters. The first-order valence-electron chi connectivity index (χ1n) is 15.0. The highest BCUT2D eigenvalue weighted by Crippen LogP contribution is 2.27. The number of halogens is 6. The molecule has 4 amide bonds. The van der Waals surface area contributed by atoms with E-state index in [9.17, 15) is 36.7 Å². The molecule has 0 aromatic heterocycles. The van der Waals surface area contributed by atoms with E-state index >= 15 is 0 Å². The average Bonchev–Trinajstić information content (AvgIpc) is 3.30. The van der Waals surface area contributed by atoms with Crippen molar-refractivity contribution in [2.24, 2.45) is 0 Å². The molecule has 0 unspecified atom stereocenters. The maximum Gasteiger partial charge on any atom is 0.261 e. The fraction of sp³-hybridized carbons (Fsp3) is 0.500. The fourth-order valence-electron chi connectivity index (χ4n) is 5.94. The molecule has 14 heteroatoms. The minimum absolute atomic E-state index is 0. The Kier molecular flexibility index (Phi) is 13.7. The summed E-state index contributed by atoms with van der Waals surface area (Å²) in [4.78, 5) is 52.3. The number of fused-ring (bicyclic) bond motifs is 2. The third-order valence-corrected chi connectivity index (χ3v) is 8.59. The van der Waals surface area contributed by atoms with Crippen LogP contribution in [0, 0.1) is 23.3 Å². The van der Waals surface area contributed by atoms with Crippen molar-refractivity contribution >= 4 is 23.6 Å². The van der Waals surface area contributed by atoms with Crippen molar-refractivity contribution in [1.29, 1.82) is 0 Å². The molecular formula is C32H40Br2F4N4O4. The van der Waals surface area contributed by atoms with Crippen LogP contribution in [0.4, 0.5) is 17.6 Å². The molecule has 2 aliphatic heterocycles. The molecule has 0 radical (unpaired) electrons. The molecule has 254 valence electrons. The first-order chi connectivity index (χ1) is 20.6. The molecule has 0 saturated heterocycles. The number of carbonyl (C=O) groups is 4. The van der Waals surface area contributed by atoms with E-state index in [1.165, 1.54) is 0 Å². The van der Waals surface area contributed by atoms with E-state index in [1.54, 1.807) is 0 Å². The number of amides is 4. The number of hydrogen-bond donors (Lipinski definition) is 0. The zero-order chi connectivity index (χ0) is 32.4. The van der Waals surface area contributed by atoms with Gasteiger partial charge in [-0.3, -0.25) is 29.0 Å². The molecule has 4 rings (SSSR count). The number of quaternary nitrogens is 2. The average molecular weight is 780 g/mol. The van der Waals surface area contributed by atoms with E-state index in [0.29, 0.717) is 21.8 Å². The predicted octanol–water partition coefficient (Wildman–Crippen LogP) is -1.36. The first-order valence-corrected chi connectivity index (χ1v) is 15.0. The molecule has 0 fully saturated rings. The molecule has 2 aromatic rings. The van der Waals surface area contributed by atoms with E-state index in [1.807, 2.05) is 0 Å². The Balaban J connectivity index is 0.00000368. The van der Waals surface area contributed by atoms with E-state index < -0.39 is 46.9 Å². The van der Waals surface area contributed by atoms with Crippen molar-refractivity contribution in [3.05, 3.63) is 69.8 Å². The minimum atomic E-state index is -1.15. The summed E-state index contributed by atoms with van der Waals surface area (Å²) < 4.78 is 55.6. The SMILES string of the molecule is C[N+](C)(CCCCCC[N+](C)(C)CCCN1C(=O)c2cc(F)c(F)cc2C1=O)CCCN1C(=O)c2cc(F)c(F)cc2C1=O.[Br-].[Br-]. The maximum atomic E-state index is 13.5. The van der Waals surface area contributed by atoms with E-state index in [-0.39, 0.29) is 69.3 Å². The summed E-state index contributed by atoms with van der Waals surface area (Å²) in [6, 6.07) is 3.16. The predicted molar refractivity (Wildman–Crippen MR) is 155 cm³/mol. The van der Waals surface area contributed by atoms with Gasteiger partial charge in [-0.2, -0.15) is 0 Å². The minimum Gasteiger partial charge on any atom is -1.00 e. The summed E-state index contributed by atoms with van der Waals surface area (Å²) in [5.41, 5.74) is -0.378. The lowest BCUT2D eigenvalue weighted by Gasteiger charge is -2.31. The molecule has 0 aliphatic carbocycles. The van der Waals surface area contributed by atoms with Crippen LogP contribution in [-0.2, 0) is 0 Å². The molecule has 2 aliphatic rings. The Bertz CT molecular complexity index is 1300. The Morgan fingerprint density at radius 2 is 0.696 bits per heavy atom. The summed E-state index contributed by atoms with van der Waals surface area (Å²) >= 11 is 0. The third kappa shape index (κ3) is 9.02. The van der Waals surface area contributed by atoms with Crippen LogP contribution in [-0.4, -0.2) is 110 Å². The fourth-order valence-corrected chi connectivity index (χ4v) is 5.94. The van der Waals surface area contributed by atoms with Gasteiger partial charge >= 0.3 is 0 Å². The van der Waals surface area contributed by atoms with Gasteiger partial charge in [0, 0.05) is 25.9 Å². The summed E-state index contributed by atoms with van der Waals surface area (Å²) in [6.45, 7) is 3.69. The summed E-state index contributed by atoms with van der Waals surface area (Å²) in [7, 11) is 8.37. The summed E-state index contributed by atoms with van der Waals surface area (Å²) in [5, 5.41) is 0. The third-order valence-electron chi connectivity index (χ3n) is 8.59. The lowest BCUT2D eigenvalue weighted by Crippen LogP contribution is -3.00. The van der Waals surface area contributed by atoms with Gasteiger partial charge in [0.05, 0.1) is 76.6 Å². The second kappa shape index (κ2) is 15.9. The number of imide groups is 2. The maximum absolute atomic E-state index is 13.5. The van der Waals surface area contributed by atoms with Gasteiger partial charge in [-0.05, 0) is 49.9 Å². The second-order valence-electron chi connectivity index (χ2n) is 13.0. The highest BCUT2D eigenvalue weighted by atomic mass is 79.9. The molecule has 46 heavy (non-hydrogen) atoms. The molecule has 0 N–H and O–H groups in total. The highest BCUT2D eigenvalue weighted by molar-refractivity contribution is 6.22. The largest absolute Gasteiger partial charge is 1.00 e. The lowest BCUT2D eigenvalue weighted by atomic mass is 10.1. The number of carbonyl (C=O) groups excluding carboxylic acids is 4. The van der Waals surface area contributed by atoms with Gasteiger partial charge in [0.2, 0.25) is 0 Å². The van der Waals surface area contributed by atoms with Crippen LogP contribution in [0.25, 0.3) is 0 Å². The molecule has 2 heterocycles. The van der Waals surface area contributed by atoms with Crippen LogP contribution < -0.4 is 34.0 Å². The smallest absolute Gasteiger partial charge is 0.261 e. The Morgan fingerprint density at radius 1 is 0.457 bits per heavy atom. The van der Waals surface area contributed by atoms with Crippen LogP contribution in [0.2, 0.25) is 0 Å². The zero-order valence-electron chi connectivity index (χ0n) is 26.5. The molecule has 2 aromatic carbocycles. The van der Waals surface area contributed by atoms with Gasteiger partial charge in [-0.1, -0.05) is 0 Å². The van der Waals surface area contributed by atoms with Gasteiger partial charge < -0.3 is 42.9 Å². The summed E-state index contributed by atoms with van der Waals surface area (Å²) in [5.74, 6) is -6.95. The monoisotopic (exact) mass is 778 g/mol. The topological polar surface area (TPSA) is 74.8 Å². The van der Waals surface area contributed by atoms with Crippen LogP contribution in [0.3, 0.4) is 0 Å².